The normalized spacial score (nSPS) is 11.0. The van der Waals surface area contributed by atoms with E-state index in [1.54, 1.807) is 0 Å². The number of nitrogens with one attached hydrogen (secondary N) is 1. The lowest BCUT2D eigenvalue weighted by Gasteiger charge is -2.09. The molecule has 0 radical (unpaired) electrons. The number of hydrogen-bond donors (Lipinski definition) is 1. The smallest absolute Gasteiger partial charge is 0.224 e. The van der Waals surface area contributed by atoms with Gasteiger partial charge in [0.15, 0.2) is 0 Å². The van der Waals surface area contributed by atoms with Crippen molar-refractivity contribution in [2.24, 2.45) is 0 Å². The van der Waals surface area contributed by atoms with Gasteiger partial charge in [0.1, 0.15) is 0 Å². The molecule has 0 aliphatic carbocycles. The highest BCUT2D eigenvalue weighted by Gasteiger charge is 2.05. The van der Waals surface area contributed by atoms with E-state index in [9.17, 15) is 4.79 Å². The lowest BCUT2D eigenvalue weighted by atomic mass is 10.1. The van der Waals surface area contributed by atoms with Crippen LogP contribution in [-0.4, -0.2) is 5.91 Å². The fourth-order valence-corrected chi connectivity index (χ4v) is 3.32. The first-order valence-corrected chi connectivity index (χ1v) is 10.9. The Morgan fingerprint density at radius 3 is 2.07 bits per heavy atom. The van der Waals surface area contributed by atoms with Crippen LogP contribution in [0, 0.1) is 0 Å². The first-order chi connectivity index (χ1) is 13.8. The number of anilines is 1. The number of carbonyl (C=O) groups excluding carboxylic acids is 1. The fraction of sp³-hybridized carbons (Fsp3) is 0.423. The zero-order valence-electron chi connectivity index (χ0n) is 17.3. The first kappa shape index (κ1) is 21.9. The van der Waals surface area contributed by atoms with E-state index in [2.05, 4.69) is 36.5 Å². The molecule has 2 rings (SSSR count). The average molecular weight is 378 g/mol. The molecular formula is C26H35NO. The molecule has 0 aliphatic heterocycles. The molecule has 1 amide bonds. The molecule has 0 saturated carbocycles. The van der Waals surface area contributed by atoms with Crippen LogP contribution in [0.3, 0.4) is 0 Å². The number of hydrogen-bond acceptors (Lipinski definition) is 1. The molecule has 0 saturated heterocycles. The molecule has 2 aromatic carbocycles. The second kappa shape index (κ2) is 13.8. The molecule has 0 unspecified atom stereocenters. The predicted octanol–water partition coefficient (Wildman–Crippen LogP) is 7.72. The van der Waals surface area contributed by atoms with Crippen LogP contribution in [0.4, 0.5) is 5.69 Å². The quantitative estimate of drug-likeness (QED) is 0.281. The van der Waals surface area contributed by atoms with Crippen LogP contribution in [0.15, 0.2) is 54.6 Å². The summed E-state index contributed by atoms with van der Waals surface area (Å²) in [6.07, 6.45) is 16.2. The number of rotatable bonds is 13. The molecule has 0 fully saturated rings. The maximum Gasteiger partial charge on any atom is 0.224 e. The second-order valence-corrected chi connectivity index (χ2v) is 7.46. The molecule has 28 heavy (non-hydrogen) atoms. The molecule has 0 spiro atoms. The minimum Gasteiger partial charge on any atom is -0.326 e. The molecule has 1 N–H and O–H groups in total. The fourth-order valence-electron chi connectivity index (χ4n) is 3.32. The zero-order chi connectivity index (χ0) is 19.9. The van der Waals surface area contributed by atoms with Gasteiger partial charge in [0.05, 0.1) is 0 Å². The van der Waals surface area contributed by atoms with Crippen molar-refractivity contribution in [3.63, 3.8) is 0 Å². The van der Waals surface area contributed by atoms with E-state index >= 15 is 0 Å². The van der Waals surface area contributed by atoms with E-state index in [0.717, 1.165) is 29.7 Å². The van der Waals surface area contributed by atoms with Crippen LogP contribution in [0.2, 0.25) is 0 Å². The lowest BCUT2D eigenvalue weighted by Crippen LogP contribution is -2.11. The molecular weight excluding hydrogens is 342 g/mol. The zero-order valence-corrected chi connectivity index (χ0v) is 17.3. The third kappa shape index (κ3) is 9.03. The SMILES string of the molecule is CCCCCCCCCCCC(=O)Nc1ccccc1/C=C/c1ccccc1. The number of para-hydroxylation sites is 1. The minimum atomic E-state index is 0.114. The molecule has 0 aliphatic rings. The van der Waals surface area contributed by atoms with Crippen molar-refractivity contribution in [1.82, 2.24) is 0 Å². The maximum atomic E-state index is 12.3. The number of unbranched alkanes of at least 4 members (excludes halogenated alkanes) is 8. The van der Waals surface area contributed by atoms with E-state index < -0.39 is 0 Å². The molecule has 0 aromatic heterocycles. The van der Waals surface area contributed by atoms with Gasteiger partial charge in [0.25, 0.3) is 0 Å². The van der Waals surface area contributed by atoms with Crippen molar-refractivity contribution >= 4 is 23.7 Å². The van der Waals surface area contributed by atoms with Crippen LogP contribution < -0.4 is 5.32 Å². The Hall–Kier alpha value is -2.35. The molecule has 0 heterocycles. The van der Waals surface area contributed by atoms with Gasteiger partial charge < -0.3 is 5.32 Å². The van der Waals surface area contributed by atoms with Crippen molar-refractivity contribution in [3.05, 3.63) is 65.7 Å². The highest BCUT2D eigenvalue weighted by atomic mass is 16.1. The van der Waals surface area contributed by atoms with Crippen molar-refractivity contribution in [2.45, 2.75) is 71.1 Å². The summed E-state index contributed by atoms with van der Waals surface area (Å²) < 4.78 is 0. The van der Waals surface area contributed by atoms with E-state index in [0.29, 0.717) is 6.42 Å². The summed E-state index contributed by atoms with van der Waals surface area (Å²) in [5.41, 5.74) is 3.07. The van der Waals surface area contributed by atoms with Gasteiger partial charge in [-0.1, -0.05) is 119 Å². The highest BCUT2D eigenvalue weighted by Crippen LogP contribution is 2.19. The Labute approximate surface area is 171 Å². The first-order valence-electron chi connectivity index (χ1n) is 10.9. The van der Waals surface area contributed by atoms with Crippen molar-refractivity contribution in [1.29, 1.82) is 0 Å². The summed E-state index contributed by atoms with van der Waals surface area (Å²) >= 11 is 0. The molecule has 2 heteroatoms. The summed E-state index contributed by atoms with van der Waals surface area (Å²) in [6.45, 7) is 2.25. The van der Waals surface area contributed by atoms with E-state index in [1.807, 2.05) is 42.5 Å². The van der Waals surface area contributed by atoms with Gasteiger partial charge in [-0.25, -0.2) is 0 Å². The molecule has 0 bridgehead atoms. The Bertz CT molecular complexity index is 705. The Kier molecular flexibility index (Phi) is 10.8. The standard InChI is InChI=1S/C26H35NO/c1-2-3-4-5-6-7-8-9-13-20-26(28)27-25-19-15-14-18-24(25)22-21-23-16-11-10-12-17-23/h10-12,14-19,21-22H,2-9,13,20H2,1H3,(H,27,28)/b22-21+. The van der Waals surface area contributed by atoms with Crippen molar-refractivity contribution in [2.75, 3.05) is 5.32 Å². The van der Waals surface area contributed by atoms with Crippen molar-refractivity contribution < 1.29 is 4.79 Å². The van der Waals surface area contributed by atoms with Gasteiger partial charge in [-0.05, 0) is 23.6 Å². The van der Waals surface area contributed by atoms with Crippen molar-refractivity contribution in [3.8, 4) is 0 Å². The van der Waals surface area contributed by atoms with E-state index in [4.69, 9.17) is 0 Å². The Balaban J connectivity index is 1.70. The molecule has 2 nitrogen and oxygen atoms in total. The maximum absolute atomic E-state index is 12.3. The lowest BCUT2D eigenvalue weighted by molar-refractivity contribution is -0.116. The van der Waals surface area contributed by atoms with Gasteiger partial charge in [0.2, 0.25) is 5.91 Å². The molecule has 150 valence electrons. The highest BCUT2D eigenvalue weighted by molar-refractivity contribution is 5.93. The van der Waals surface area contributed by atoms with Crippen LogP contribution in [0.25, 0.3) is 12.2 Å². The van der Waals surface area contributed by atoms with Crippen LogP contribution >= 0.6 is 0 Å². The van der Waals surface area contributed by atoms with Crippen LogP contribution in [0.5, 0.6) is 0 Å². The summed E-state index contributed by atoms with van der Waals surface area (Å²) in [4.78, 5) is 12.3. The molecule has 0 atom stereocenters. The van der Waals surface area contributed by atoms with Crippen LogP contribution in [0.1, 0.15) is 82.3 Å². The van der Waals surface area contributed by atoms with Gasteiger partial charge in [0, 0.05) is 12.1 Å². The van der Waals surface area contributed by atoms with Gasteiger partial charge in [-0.15, -0.1) is 0 Å². The van der Waals surface area contributed by atoms with E-state index in [-0.39, 0.29) is 5.91 Å². The van der Waals surface area contributed by atoms with Gasteiger partial charge >= 0.3 is 0 Å². The summed E-state index contributed by atoms with van der Waals surface area (Å²) in [7, 11) is 0. The second-order valence-electron chi connectivity index (χ2n) is 7.46. The number of benzene rings is 2. The Morgan fingerprint density at radius 2 is 1.36 bits per heavy atom. The summed E-state index contributed by atoms with van der Waals surface area (Å²) in [5.74, 6) is 0.114. The molecule has 2 aromatic rings. The van der Waals surface area contributed by atoms with Gasteiger partial charge in [-0.3, -0.25) is 4.79 Å². The third-order valence-corrected chi connectivity index (χ3v) is 5.00. The topological polar surface area (TPSA) is 29.1 Å². The number of amides is 1. The summed E-state index contributed by atoms with van der Waals surface area (Å²) in [6, 6.07) is 18.2. The minimum absolute atomic E-state index is 0.114. The monoisotopic (exact) mass is 377 g/mol. The Morgan fingerprint density at radius 1 is 0.750 bits per heavy atom. The van der Waals surface area contributed by atoms with Gasteiger partial charge in [-0.2, -0.15) is 0 Å². The average Bonchev–Trinajstić information content (AvgIpc) is 2.73. The number of carbonyl (C=O) groups is 1. The predicted molar refractivity (Wildman–Crippen MR) is 122 cm³/mol. The summed E-state index contributed by atoms with van der Waals surface area (Å²) in [5, 5.41) is 3.08. The van der Waals surface area contributed by atoms with E-state index in [1.165, 1.54) is 44.9 Å². The largest absolute Gasteiger partial charge is 0.326 e. The van der Waals surface area contributed by atoms with Crippen LogP contribution in [-0.2, 0) is 4.79 Å². The third-order valence-electron chi connectivity index (χ3n) is 5.00.